The van der Waals surface area contributed by atoms with Gasteiger partial charge in [-0.3, -0.25) is 9.59 Å². The van der Waals surface area contributed by atoms with Crippen molar-refractivity contribution in [3.8, 4) is 0 Å². The van der Waals surface area contributed by atoms with Crippen LogP contribution in [-0.2, 0) is 19.6 Å². The number of nitrogens with zero attached hydrogens (tertiary/aromatic N) is 2. The van der Waals surface area contributed by atoms with Crippen molar-refractivity contribution in [2.75, 3.05) is 38.2 Å². The number of piperazine rings is 1. The van der Waals surface area contributed by atoms with E-state index in [1.807, 2.05) is 11.2 Å². The van der Waals surface area contributed by atoms with Gasteiger partial charge in [0.2, 0.25) is 21.8 Å². The molecule has 2 aliphatic rings. The molecule has 1 saturated carbocycles. The fraction of sp³-hybridized carbons (Fsp3) is 0.619. The van der Waals surface area contributed by atoms with Gasteiger partial charge in [0, 0.05) is 32.1 Å². The van der Waals surface area contributed by atoms with E-state index in [9.17, 15) is 22.4 Å². The van der Waals surface area contributed by atoms with Crippen LogP contribution >= 0.6 is 11.8 Å². The first-order chi connectivity index (χ1) is 14.8. The lowest BCUT2D eigenvalue weighted by molar-refractivity contribution is -0.142. The van der Waals surface area contributed by atoms with Crippen molar-refractivity contribution >= 4 is 33.6 Å². The molecule has 2 amide bonds. The van der Waals surface area contributed by atoms with Gasteiger partial charge >= 0.3 is 0 Å². The van der Waals surface area contributed by atoms with Crippen LogP contribution < -0.4 is 4.72 Å². The highest BCUT2D eigenvalue weighted by Gasteiger charge is 2.34. The largest absolute Gasteiger partial charge is 0.339 e. The van der Waals surface area contributed by atoms with E-state index >= 15 is 0 Å². The van der Waals surface area contributed by atoms with Gasteiger partial charge in [-0.2, -0.15) is 16.5 Å². The second-order valence-electron chi connectivity index (χ2n) is 8.02. The second kappa shape index (κ2) is 10.8. The number of nitrogens with one attached hydrogen (secondary N) is 1. The smallest absolute Gasteiger partial charge is 0.244 e. The minimum atomic E-state index is -4.19. The van der Waals surface area contributed by atoms with Gasteiger partial charge in [0.1, 0.15) is 16.8 Å². The van der Waals surface area contributed by atoms with Crippen molar-refractivity contribution in [1.82, 2.24) is 14.5 Å². The summed E-state index contributed by atoms with van der Waals surface area (Å²) in [4.78, 5) is 28.7. The zero-order valence-corrected chi connectivity index (χ0v) is 19.4. The first kappa shape index (κ1) is 24.0. The lowest BCUT2D eigenvalue weighted by Crippen LogP contribution is -2.56. The average molecular weight is 472 g/mol. The molecule has 1 unspecified atom stereocenters. The number of hydrogen-bond acceptors (Lipinski definition) is 5. The molecule has 0 spiro atoms. The minimum Gasteiger partial charge on any atom is -0.339 e. The Kier molecular flexibility index (Phi) is 8.35. The van der Waals surface area contributed by atoms with Crippen LogP contribution in [0.5, 0.6) is 0 Å². The molecule has 1 aliphatic carbocycles. The Hall–Kier alpha value is -1.65. The van der Waals surface area contributed by atoms with Crippen molar-refractivity contribution in [3.05, 3.63) is 30.1 Å². The van der Waals surface area contributed by atoms with Crippen LogP contribution in [0, 0.1) is 11.7 Å². The predicted octanol–water partition coefficient (Wildman–Crippen LogP) is 2.09. The molecule has 1 N–H and O–H groups in total. The fourth-order valence-corrected chi connectivity index (χ4v) is 5.95. The van der Waals surface area contributed by atoms with Crippen LogP contribution in [0.25, 0.3) is 0 Å². The van der Waals surface area contributed by atoms with Crippen LogP contribution in [0.4, 0.5) is 4.39 Å². The number of halogens is 1. The van der Waals surface area contributed by atoms with Crippen molar-refractivity contribution in [2.45, 2.75) is 43.0 Å². The molecule has 7 nitrogen and oxygen atoms in total. The summed E-state index contributed by atoms with van der Waals surface area (Å²) >= 11 is 1.50. The molecule has 1 saturated heterocycles. The van der Waals surface area contributed by atoms with E-state index in [2.05, 4.69) is 4.72 Å². The summed E-state index contributed by atoms with van der Waals surface area (Å²) in [5.41, 5.74) is 0. The Balaban J connectivity index is 1.65. The van der Waals surface area contributed by atoms with E-state index < -0.39 is 26.8 Å². The van der Waals surface area contributed by atoms with Crippen molar-refractivity contribution in [1.29, 1.82) is 0 Å². The molecular formula is C21H30FN3O4S2. The number of amides is 2. The molecule has 1 heterocycles. The van der Waals surface area contributed by atoms with Crippen LogP contribution in [0.2, 0.25) is 0 Å². The fourth-order valence-electron chi connectivity index (χ4n) is 4.18. The lowest BCUT2D eigenvalue weighted by atomic mass is 10.1. The third kappa shape index (κ3) is 5.98. The van der Waals surface area contributed by atoms with E-state index in [-0.39, 0.29) is 17.7 Å². The van der Waals surface area contributed by atoms with Crippen LogP contribution in [0.3, 0.4) is 0 Å². The highest BCUT2D eigenvalue weighted by atomic mass is 32.2. The van der Waals surface area contributed by atoms with E-state index in [0.717, 1.165) is 31.7 Å². The van der Waals surface area contributed by atoms with Crippen LogP contribution in [0.15, 0.2) is 29.2 Å². The molecule has 0 bridgehead atoms. The zero-order valence-electron chi connectivity index (χ0n) is 17.8. The number of carbonyl (C=O) groups is 2. The van der Waals surface area contributed by atoms with Gasteiger partial charge < -0.3 is 9.80 Å². The summed E-state index contributed by atoms with van der Waals surface area (Å²) in [5.74, 6) is -0.337. The highest BCUT2D eigenvalue weighted by molar-refractivity contribution is 7.98. The number of sulfonamides is 1. The van der Waals surface area contributed by atoms with E-state index in [4.69, 9.17) is 0 Å². The maximum absolute atomic E-state index is 14.0. The average Bonchev–Trinajstić information content (AvgIpc) is 3.31. The summed E-state index contributed by atoms with van der Waals surface area (Å²) in [6.45, 7) is 1.65. The Morgan fingerprint density at radius 1 is 1.13 bits per heavy atom. The number of hydrogen-bond donors (Lipinski definition) is 1. The quantitative estimate of drug-likeness (QED) is 0.627. The number of rotatable bonds is 8. The summed E-state index contributed by atoms with van der Waals surface area (Å²) in [5, 5.41) is 0. The molecule has 172 valence electrons. The van der Waals surface area contributed by atoms with Gasteiger partial charge in [-0.25, -0.2) is 12.8 Å². The minimum absolute atomic E-state index is 0.101. The molecule has 3 rings (SSSR count). The lowest BCUT2D eigenvalue weighted by Gasteiger charge is -2.37. The van der Waals surface area contributed by atoms with Crippen molar-refractivity contribution in [2.24, 2.45) is 5.92 Å². The Morgan fingerprint density at radius 3 is 2.35 bits per heavy atom. The molecule has 0 radical (unpaired) electrons. The molecule has 2 fully saturated rings. The van der Waals surface area contributed by atoms with E-state index in [1.54, 1.807) is 4.90 Å². The van der Waals surface area contributed by atoms with Crippen molar-refractivity contribution in [3.63, 3.8) is 0 Å². The Bertz CT molecular complexity index is 882. The number of carbonyl (C=O) groups excluding carboxylic acids is 2. The summed E-state index contributed by atoms with van der Waals surface area (Å²) in [7, 11) is -4.19. The molecule has 1 aromatic carbocycles. The van der Waals surface area contributed by atoms with Gasteiger partial charge in [0.15, 0.2) is 0 Å². The Morgan fingerprint density at radius 2 is 1.74 bits per heavy atom. The maximum atomic E-state index is 14.0. The van der Waals surface area contributed by atoms with Gasteiger partial charge in [-0.1, -0.05) is 25.0 Å². The Labute approximate surface area is 187 Å². The monoisotopic (exact) mass is 471 g/mol. The summed E-state index contributed by atoms with van der Waals surface area (Å²) < 4.78 is 41.9. The maximum Gasteiger partial charge on any atom is 0.244 e. The molecule has 1 atom stereocenters. The normalized spacial score (nSPS) is 18.9. The molecule has 0 aromatic heterocycles. The highest BCUT2D eigenvalue weighted by Crippen LogP contribution is 2.27. The first-order valence-electron chi connectivity index (χ1n) is 10.7. The summed E-state index contributed by atoms with van der Waals surface area (Å²) in [6.07, 6.45) is 6.23. The third-order valence-corrected chi connectivity index (χ3v) is 8.09. The zero-order chi connectivity index (χ0) is 22.4. The SMILES string of the molecule is CSCCC(NS(=O)(=O)c1ccccc1F)C(=O)N1CCN(C(=O)C2CCCC2)CC1. The topological polar surface area (TPSA) is 86.8 Å². The van der Waals surface area contributed by atoms with Crippen LogP contribution in [-0.4, -0.2) is 74.3 Å². The predicted molar refractivity (Wildman–Crippen MR) is 119 cm³/mol. The molecular weight excluding hydrogens is 441 g/mol. The second-order valence-corrected chi connectivity index (χ2v) is 10.7. The van der Waals surface area contributed by atoms with E-state index in [0.29, 0.717) is 38.4 Å². The first-order valence-corrected chi connectivity index (χ1v) is 13.5. The van der Waals surface area contributed by atoms with Gasteiger partial charge in [-0.15, -0.1) is 0 Å². The summed E-state index contributed by atoms with van der Waals surface area (Å²) in [6, 6.07) is 4.14. The molecule has 1 aliphatic heterocycles. The number of benzene rings is 1. The third-order valence-electron chi connectivity index (χ3n) is 5.94. The number of thioether (sulfide) groups is 1. The van der Waals surface area contributed by atoms with Gasteiger partial charge in [0.25, 0.3) is 0 Å². The van der Waals surface area contributed by atoms with Crippen LogP contribution in [0.1, 0.15) is 32.1 Å². The van der Waals surface area contributed by atoms with E-state index in [1.165, 1.54) is 30.0 Å². The van der Waals surface area contributed by atoms with Gasteiger partial charge in [0.05, 0.1) is 0 Å². The molecule has 31 heavy (non-hydrogen) atoms. The molecule has 1 aromatic rings. The van der Waals surface area contributed by atoms with Crippen molar-refractivity contribution < 1.29 is 22.4 Å². The van der Waals surface area contributed by atoms with Gasteiger partial charge in [-0.05, 0) is 43.4 Å². The standard InChI is InChI=1S/C21H30FN3O4S2/c1-30-15-10-18(23-31(28,29)19-9-5-4-8-17(19)22)21(27)25-13-11-24(12-14-25)20(26)16-6-2-3-7-16/h4-5,8-9,16,18,23H,2-3,6-7,10-15H2,1H3. The molecule has 10 heteroatoms.